The molecule has 2 aliphatic rings. The summed E-state index contributed by atoms with van der Waals surface area (Å²) in [7, 11) is 1.82. The average molecular weight is 445 g/mol. The van der Waals surface area contributed by atoms with Crippen LogP contribution < -0.4 is 9.64 Å². The number of hydrogen-bond acceptors (Lipinski definition) is 7. The third kappa shape index (κ3) is 4.71. The van der Waals surface area contributed by atoms with Gasteiger partial charge in [-0.1, -0.05) is 12.1 Å². The highest BCUT2D eigenvalue weighted by molar-refractivity contribution is 5.94. The molecule has 1 amide bonds. The van der Waals surface area contributed by atoms with Crippen molar-refractivity contribution in [1.29, 1.82) is 0 Å². The summed E-state index contributed by atoms with van der Waals surface area (Å²) in [6, 6.07) is 10.2. The third-order valence-corrected chi connectivity index (χ3v) is 6.42. The Morgan fingerprint density at radius 1 is 1.12 bits per heavy atom. The second-order valence-electron chi connectivity index (χ2n) is 8.78. The Bertz CT molecular complexity index is 1150. The van der Waals surface area contributed by atoms with E-state index in [0.29, 0.717) is 12.4 Å². The Balaban J connectivity index is 1.30. The zero-order chi connectivity index (χ0) is 22.8. The Kier molecular flexibility index (Phi) is 6.00. The van der Waals surface area contributed by atoms with Crippen LogP contribution in [0.5, 0.6) is 11.8 Å². The third-order valence-electron chi connectivity index (χ3n) is 6.42. The van der Waals surface area contributed by atoms with Gasteiger partial charge in [-0.3, -0.25) is 14.6 Å². The number of aromatic nitrogens is 4. The minimum atomic E-state index is 0.125. The number of rotatable bonds is 5. The molecule has 8 heteroatoms. The van der Waals surface area contributed by atoms with Crippen molar-refractivity contribution in [2.24, 2.45) is 0 Å². The predicted molar refractivity (Wildman–Crippen MR) is 124 cm³/mol. The van der Waals surface area contributed by atoms with Crippen molar-refractivity contribution < 1.29 is 9.53 Å². The average Bonchev–Trinajstić information content (AvgIpc) is 2.83. The molecule has 1 atom stereocenters. The number of fused-ring (bicyclic) bond motifs is 1. The lowest BCUT2D eigenvalue weighted by atomic mass is 9.95. The first-order valence-corrected chi connectivity index (χ1v) is 11.5. The van der Waals surface area contributed by atoms with Crippen LogP contribution in [-0.2, 0) is 17.8 Å². The van der Waals surface area contributed by atoms with Crippen molar-refractivity contribution >= 4 is 11.7 Å². The molecule has 33 heavy (non-hydrogen) atoms. The molecule has 5 rings (SSSR count). The van der Waals surface area contributed by atoms with E-state index in [-0.39, 0.29) is 11.8 Å². The van der Waals surface area contributed by atoms with Crippen LogP contribution in [-0.4, -0.2) is 50.9 Å². The molecule has 1 saturated heterocycles. The smallest absolute Gasteiger partial charge is 0.321 e. The Morgan fingerprint density at radius 2 is 1.97 bits per heavy atom. The molecule has 2 aromatic heterocycles. The minimum Gasteiger partial charge on any atom is -0.424 e. The topological polar surface area (TPSA) is 84.3 Å². The fourth-order valence-electron chi connectivity index (χ4n) is 4.69. The van der Waals surface area contributed by atoms with E-state index in [9.17, 15) is 4.79 Å². The van der Waals surface area contributed by atoms with Gasteiger partial charge in [-0.15, -0.1) is 0 Å². The highest BCUT2D eigenvalue weighted by atomic mass is 16.5. The van der Waals surface area contributed by atoms with Crippen LogP contribution in [0.1, 0.15) is 47.8 Å². The van der Waals surface area contributed by atoms with Gasteiger partial charge >= 0.3 is 6.01 Å². The SMILES string of the molecule is Cc1nc([C@H]2CCCN(Cc3cccc(Oc4ncccn4)c3)C2)nc2c1CCC(=O)N2C. The van der Waals surface area contributed by atoms with Crippen molar-refractivity contribution in [2.45, 2.75) is 45.1 Å². The van der Waals surface area contributed by atoms with Crippen LogP contribution in [0.4, 0.5) is 5.82 Å². The molecule has 3 aromatic rings. The molecular weight excluding hydrogens is 416 g/mol. The van der Waals surface area contributed by atoms with Crippen LogP contribution in [0.2, 0.25) is 0 Å². The van der Waals surface area contributed by atoms with E-state index in [4.69, 9.17) is 14.7 Å². The molecule has 170 valence electrons. The lowest BCUT2D eigenvalue weighted by Gasteiger charge is -2.33. The fourth-order valence-corrected chi connectivity index (χ4v) is 4.69. The van der Waals surface area contributed by atoms with Gasteiger partial charge in [0.2, 0.25) is 5.91 Å². The summed E-state index contributed by atoms with van der Waals surface area (Å²) in [4.78, 5) is 34.3. The maximum absolute atomic E-state index is 12.2. The number of carbonyl (C=O) groups excluding carboxylic acids is 1. The van der Waals surface area contributed by atoms with Crippen molar-refractivity contribution in [1.82, 2.24) is 24.8 Å². The Labute approximate surface area is 193 Å². The molecule has 0 saturated carbocycles. The second-order valence-corrected chi connectivity index (χ2v) is 8.78. The number of hydrogen-bond donors (Lipinski definition) is 0. The van der Waals surface area contributed by atoms with Crippen molar-refractivity contribution in [2.75, 3.05) is 25.0 Å². The quantitative estimate of drug-likeness (QED) is 0.594. The number of likely N-dealkylation sites (tertiary alicyclic amines) is 1. The molecule has 1 fully saturated rings. The van der Waals surface area contributed by atoms with Gasteiger partial charge in [0.25, 0.3) is 0 Å². The molecule has 0 aliphatic carbocycles. The highest BCUT2D eigenvalue weighted by Crippen LogP contribution is 2.32. The second kappa shape index (κ2) is 9.23. The summed E-state index contributed by atoms with van der Waals surface area (Å²) in [5, 5.41) is 0. The van der Waals surface area contributed by atoms with Crippen LogP contribution in [0.15, 0.2) is 42.7 Å². The summed E-state index contributed by atoms with van der Waals surface area (Å²) in [6.45, 7) is 4.79. The fraction of sp³-hybridized carbons (Fsp3) is 0.400. The highest BCUT2D eigenvalue weighted by Gasteiger charge is 2.29. The number of benzene rings is 1. The summed E-state index contributed by atoms with van der Waals surface area (Å²) in [5.74, 6) is 2.76. The van der Waals surface area contributed by atoms with Crippen LogP contribution in [0.25, 0.3) is 0 Å². The van der Waals surface area contributed by atoms with Gasteiger partial charge in [0, 0.05) is 56.1 Å². The Morgan fingerprint density at radius 3 is 2.82 bits per heavy atom. The number of aryl methyl sites for hydroxylation is 1. The molecule has 2 aliphatic heterocycles. The normalized spacial score (nSPS) is 18.8. The van der Waals surface area contributed by atoms with Gasteiger partial charge in [0.15, 0.2) is 0 Å². The number of piperidine rings is 1. The zero-order valence-electron chi connectivity index (χ0n) is 19.1. The van der Waals surface area contributed by atoms with Gasteiger partial charge in [-0.25, -0.2) is 19.9 Å². The number of amides is 1. The first kappa shape index (κ1) is 21.5. The van der Waals surface area contributed by atoms with Gasteiger partial charge in [0.05, 0.1) is 0 Å². The van der Waals surface area contributed by atoms with Crippen LogP contribution >= 0.6 is 0 Å². The van der Waals surface area contributed by atoms with Gasteiger partial charge in [0.1, 0.15) is 17.4 Å². The first-order valence-electron chi connectivity index (χ1n) is 11.5. The number of nitrogens with zero attached hydrogens (tertiary/aromatic N) is 6. The molecule has 0 bridgehead atoms. The number of carbonyl (C=O) groups is 1. The van der Waals surface area contributed by atoms with E-state index in [1.165, 1.54) is 5.56 Å². The van der Waals surface area contributed by atoms with Crippen molar-refractivity contribution in [3.05, 3.63) is 65.4 Å². The lowest BCUT2D eigenvalue weighted by Crippen LogP contribution is -2.36. The molecule has 4 heterocycles. The summed E-state index contributed by atoms with van der Waals surface area (Å²) in [5.41, 5.74) is 3.28. The largest absolute Gasteiger partial charge is 0.424 e. The van der Waals surface area contributed by atoms with E-state index >= 15 is 0 Å². The van der Waals surface area contributed by atoms with E-state index in [0.717, 1.165) is 67.5 Å². The van der Waals surface area contributed by atoms with Gasteiger partial charge < -0.3 is 4.74 Å². The van der Waals surface area contributed by atoms with Crippen LogP contribution in [0.3, 0.4) is 0 Å². The van der Waals surface area contributed by atoms with Crippen molar-refractivity contribution in [3.8, 4) is 11.8 Å². The van der Waals surface area contributed by atoms with E-state index in [1.807, 2.05) is 32.2 Å². The summed E-state index contributed by atoms with van der Waals surface area (Å²) < 4.78 is 5.79. The van der Waals surface area contributed by atoms with Crippen molar-refractivity contribution in [3.63, 3.8) is 0 Å². The molecule has 0 radical (unpaired) electrons. The predicted octanol–water partition coefficient (Wildman–Crippen LogP) is 3.66. The Hall–Kier alpha value is -3.39. The first-order chi connectivity index (χ1) is 16.1. The summed E-state index contributed by atoms with van der Waals surface area (Å²) >= 11 is 0. The van der Waals surface area contributed by atoms with Gasteiger partial charge in [-0.2, -0.15) is 0 Å². The minimum absolute atomic E-state index is 0.125. The molecule has 0 N–H and O–H groups in total. The zero-order valence-corrected chi connectivity index (χ0v) is 19.1. The summed E-state index contributed by atoms with van der Waals surface area (Å²) in [6.07, 6.45) is 6.74. The monoisotopic (exact) mass is 444 g/mol. The maximum atomic E-state index is 12.2. The number of anilines is 1. The standard InChI is InChI=1S/C25H28N6O2/c1-17-21-9-10-22(32)30(2)24(21)29-23(28-17)19-7-4-13-31(16-19)15-18-6-3-8-20(14-18)33-25-26-11-5-12-27-25/h3,5-6,8,11-12,14,19H,4,7,9-10,13,15-16H2,1-2H3/t19-/m0/s1. The molecule has 0 spiro atoms. The van der Waals surface area contributed by atoms with Gasteiger partial charge in [-0.05, 0) is 56.5 Å². The lowest BCUT2D eigenvalue weighted by molar-refractivity contribution is -0.118. The van der Waals surface area contributed by atoms with E-state index in [1.54, 1.807) is 23.4 Å². The van der Waals surface area contributed by atoms with E-state index < -0.39 is 0 Å². The molecule has 0 unspecified atom stereocenters. The van der Waals surface area contributed by atoms with E-state index in [2.05, 4.69) is 20.9 Å². The molecule has 1 aromatic carbocycles. The maximum Gasteiger partial charge on any atom is 0.321 e. The van der Waals surface area contributed by atoms with Crippen LogP contribution in [0, 0.1) is 6.92 Å². The number of ether oxygens (including phenoxy) is 1. The molecule has 8 nitrogen and oxygen atoms in total. The molecular formula is C25H28N6O2.